The summed E-state index contributed by atoms with van der Waals surface area (Å²) in [6, 6.07) is 9.76. The number of para-hydroxylation sites is 1. The molecule has 3 rings (SSSR count). The molecule has 0 spiro atoms. The summed E-state index contributed by atoms with van der Waals surface area (Å²) >= 11 is 1.78. The van der Waals surface area contributed by atoms with Crippen LogP contribution in [0.25, 0.3) is 0 Å². The average Bonchev–Trinajstić information content (AvgIpc) is 2.84. The zero-order valence-electron chi connectivity index (χ0n) is 8.96. The van der Waals surface area contributed by atoms with Crippen LogP contribution in [0.2, 0.25) is 0 Å². The highest BCUT2D eigenvalue weighted by molar-refractivity contribution is 7.12. The summed E-state index contributed by atoms with van der Waals surface area (Å²) < 4.78 is 13.5. The van der Waals surface area contributed by atoms with Crippen molar-refractivity contribution in [2.75, 3.05) is 5.32 Å². The molecule has 0 fully saturated rings. The first-order valence-electron chi connectivity index (χ1n) is 5.34. The van der Waals surface area contributed by atoms with Crippen LogP contribution in [0.5, 0.6) is 0 Å². The molecule has 82 valence electrons. The zero-order valence-corrected chi connectivity index (χ0v) is 9.77. The Kier molecular flexibility index (Phi) is 2.21. The van der Waals surface area contributed by atoms with E-state index in [0.29, 0.717) is 5.69 Å². The molecule has 0 bridgehead atoms. The van der Waals surface area contributed by atoms with Gasteiger partial charge in [-0.1, -0.05) is 12.1 Å². The van der Waals surface area contributed by atoms with Crippen LogP contribution in [0.15, 0.2) is 30.3 Å². The van der Waals surface area contributed by atoms with Gasteiger partial charge >= 0.3 is 0 Å². The molecule has 1 aliphatic heterocycles. The lowest BCUT2D eigenvalue weighted by Gasteiger charge is -2.08. The van der Waals surface area contributed by atoms with E-state index in [9.17, 15) is 4.39 Å². The van der Waals surface area contributed by atoms with E-state index < -0.39 is 0 Å². The monoisotopic (exact) mass is 233 g/mol. The fourth-order valence-electron chi connectivity index (χ4n) is 2.16. The van der Waals surface area contributed by atoms with Crippen molar-refractivity contribution < 1.29 is 4.39 Å². The van der Waals surface area contributed by atoms with Gasteiger partial charge in [0.25, 0.3) is 0 Å². The topological polar surface area (TPSA) is 12.0 Å². The van der Waals surface area contributed by atoms with Crippen LogP contribution in [0, 0.1) is 12.7 Å². The Morgan fingerprint density at radius 2 is 2.19 bits per heavy atom. The summed E-state index contributed by atoms with van der Waals surface area (Å²) in [5.41, 5.74) is 1.76. The van der Waals surface area contributed by atoms with E-state index in [-0.39, 0.29) is 11.9 Å². The summed E-state index contributed by atoms with van der Waals surface area (Å²) in [6.45, 7) is 2.09. The molecule has 0 aliphatic carbocycles. The summed E-state index contributed by atoms with van der Waals surface area (Å²) in [7, 11) is 0. The lowest BCUT2D eigenvalue weighted by atomic mass is 10.1. The maximum atomic E-state index is 13.5. The number of anilines is 1. The minimum absolute atomic E-state index is 0.145. The third-order valence-electron chi connectivity index (χ3n) is 2.95. The minimum Gasteiger partial charge on any atom is -0.374 e. The number of fused-ring (bicyclic) bond motifs is 1. The van der Waals surface area contributed by atoms with Gasteiger partial charge in [-0.05, 0) is 37.1 Å². The average molecular weight is 233 g/mol. The Morgan fingerprint density at radius 3 is 2.88 bits per heavy atom. The lowest BCUT2D eigenvalue weighted by Crippen LogP contribution is -2.03. The number of thiophene rings is 1. The van der Waals surface area contributed by atoms with Gasteiger partial charge in [0.05, 0.1) is 11.7 Å². The molecule has 1 atom stereocenters. The maximum Gasteiger partial charge on any atom is 0.146 e. The van der Waals surface area contributed by atoms with E-state index in [1.807, 2.05) is 6.07 Å². The molecule has 1 N–H and O–H groups in total. The molecular weight excluding hydrogens is 221 g/mol. The number of hydrogen-bond acceptors (Lipinski definition) is 2. The maximum absolute atomic E-state index is 13.5. The molecule has 0 saturated carbocycles. The van der Waals surface area contributed by atoms with Gasteiger partial charge in [-0.2, -0.15) is 0 Å². The first-order valence-corrected chi connectivity index (χ1v) is 6.16. The second-order valence-electron chi connectivity index (χ2n) is 4.12. The molecule has 3 heteroatoms. The molecule has 2 aromatic rings. The van der Waals surface area contributed by atoms with Crippen molar-refractivity contribution in [2.45, 2.75) is 19.4 Å². The molecule has 1 aromatic heterocycles. The van der Waals surface area contributed by atoms with Crippen LogP contribution in [0.3, 0.4) is 0 Å². The van der Waals surface area contributed by atoms with Crippen LogP contribution in [-0.2, 0) is 6.42 Å². The SMILES string of the molecule is Cc1ccc(C2Cc3cccc(F)c3N2)s1. The second-order valence-corrected chi connectivity index (χ2v) is 5.44. The number of aryl methyl sites for hydroxylation is 1. The van der Waals surface area contributed by atoms with Crippen LogP contribution in [0.1, 0.15) is 21.4 Å². The molecule has 0 amide bonds. The Bertz CT molecular complexity index is 532. The van der Waals surface area contributed by atoms with Gasteiger partial charge in [0, 0.05) is 9.75 Å². The van der Waals surface area contributed by atoms with Gasteiger partial charge in [0.2, 0.25) is 0 Å². The van der Waals surface area contributed by atoms with E-state index in [1.165, 1.54) is 15.8 Å². The quantitative estimate of drug-likeness (QED) is 0.787. The molecular formula is C13H12FNS. The molecule has 16 heavy (non-hydrogen) atoms. The van der Waals surface area contributed by atoms with Crippen LogP contribution in [-0.4, -0.2) is 0 Å². The number of rotatable bonds is 1. The van der Waals surface area contributed by atoms with Gasteiger partial charge in [0.1, 0.15) is 5.82 Å². The molecule has 1 nitrogen and oxygen atoms in total. The third-order valence-corrected chi connectivity index (χ3v) is 4.06. The number of halogens is 1. The largest absolute Gasteiger partial charge is 0.374 e. The third kappa shape index (κ3) is 1.52. The van der Waals surface area contributed by atoms with Crippen LogP contribution >= 0.6 is 11.3 Å². The Hall–Kier alpha value is -1.35. The fraction of sp³-hybridized carbons (Fsp3) is 0.231. The van der Waals surface area contributed by atoms with E-state index in [1.54, 1.807) is 17.4 Å². The summed E-state index contributed by atoms with van der Waals surface area (Å²) in [4.78, 5) is 2.58. The molecule has 1 aromatic carbocycles. The summed E-state index contributed by atoms with van der Waals surface area (Å²) in [6.07, 6.45) is 0.882. The second kappa shape index (κ2) is 3.59. The summed E-state index contributed by atoms with van der Waals surface area (Å²) in [5, 5.41) is 3.27. The highest BCUT2D eigenvalue weighted by Gasteiger charge is 2.25. The van der Waals surface area contributed by atoms with E-state index in [2.05, 4.69) is 24.4 Å². The van der Waals surface area contributed by atoms with E-state index in [4.69, 9.17) is 0 Å². The van der Waals surface area contributed by atoms with Crippen molar-refractivity contribution in [1.82, 2.24) is 0 Å². The lowest BCUT2D eigenvalue weighted by molar-refractivity contribution is 0.631. The molecule has 2 heterocycles. The van der Waals surface area contributed by atoms with Gasteiger partial charge in [-0.15, -0.1) is 11.3 Å². The first kappa shape index (κ1) is 9.85. The number of hydrogen-bond donors (Lipinski definition) is 1. The van der Waals surface area contributed by atoms with Crippen molar-refractivity contribution in [3.63, 3.8) is 0 Å². The standard InChI is InChI=1S/C13H12FNS/c1-8-5-6-12(16-8)11-7-9-3-2-4-10(14)13(9)15-11/h2-6,11,15H,7H2,1H3. The van der Waals surface area contributed by atoms with E-state index >= 15 is 0 Å². The van der Waals surface area contributed by atoms with Gasteiger partial charge < -0.3 is 5.32 Å². The zero-order chi connectivity index (χ0) is 11.1. The Balaban J connectivity index is 1.93. The molecule has 1 aliphatic rings. The van der Waals surface area contributed by atoms with Crippen LogP contribution < -0.4 is 5.32 Å². The predicted molar refractivity (Wildman–Crippen MR) is 65.5 cm³/mol. The predicted octanol–water partition coefficient (Wildman–Crippen LogP) is 3.90. The molecule has 0 saturated heterocycles. The Morgan fingerprint density at radius 1 is 1.31 bits per heavy atom. The van der Waals surface area contributed by atoms with Gasteiger partial charge in [-0.25, -0.2) is 4.39 Å². The Labute approximate surface area is 97.9 Å². The van der Waals surface area contributed by atoms with Crippen LogP contribution in [0.4, 0.5) is 10.1 Å². The summed E-state index contributed by atoms with van der Waals surface area (Å²) in [5.74, 6) is -0.145. The number of benzene rings is 1. The van der Waals surface area contributed by atoms with E-state index in [0.717, 1.165) is 12.0 Å². The highest BCUT2D eigenvalue weighted by Crippen LogP contribution is 2.37. The van der Waals surface area contributed by atoms with Crippen molar-refractivity contribution in [3.05, 3.63) is 51.5 Å². The molecule has 0 radical (unpaired) electrons. The van der Waals surface area contributed by atoms with Gasteiger partial charge in [0.15, 0.2) is 0 Å². The highest BCUT2D eigenvalue weighted by atomic mass is 32.1. The van der Waals surface area contributed by atoms with Crippen molar-refractivity contribution in [2.24, 2.45) is 0 Å². The van der Waals surface area contributed by atoms with Crippen molar-refractivity contribution >= 4 is 17.0 Å². The van der Waals surface area contributed by atoms with Crippen molar-refractivity contribution in [3.8, 4) is 0 Å². The van der Waals surface area contributed by atoms with Gasteiger partial charge in [-0.3, -0.25) is 0 Å². The smallest absolute Gasteiger partial charge is 0.146 e. The molecule has 1 unspecified atom stereocenters. The number of nitrogens with one attached hydrogen (secondary N) is 1. The normalized spacial score (nSPS) is 18.2. The first-order chi connectivity index (χ1) is 7.74. The fourth-order valence-corrected chi connectivity index (χ4v) is 3.09. The van der Waals surface area contributed by atoms with Crippen molar-refractivity contribution in [1.29, 1.82) is 0 Å². The minimum atomic E-state index is -0.145.